The summed E-state index contributed by atoms with van der Waals surface area (Å²) in [5.74, 6) is -44.2. The molecule has 0 atom stereocenters. The zero-order valence-electron chi connectivity index (χ0n) is 12.2. The molecule has 1 aliphatic rings. The van der Waals surface area contributed by atoms with E-state index in [1.165, 1.54) is 0 Å². The molecule has 1 saturated carbocycles. The van der Waals surface area contributed by atoms with Crippen molar-refractivity contribution >= 4 is 10.1 Å². The van der Waals surface area contributed by atoms with E-state index >= 15 is 0 Å². The first-order chi connectivity index (χ1) is 11.8. The molecule has 1 aromatic rings. The van der Waals surface area contributed by atoms with Gasteiger partial charge < -0.3 is 0 Å². The van der Waals surface area contributed by atoms with Gasteiger partial charge >= 0.3 is 35.5 Å². The molecule has 3 nitrogen and oxygen atoms in total. The third-order valence-corrected chi connectivity index (χ3v) is 4.94. The van der Waals surface area contributed by atoms with Crippen LogP contribution in [-0.4, -0.2) is 43.9 Å². The Morgan fingerprint density at radius 3 is 1.30 bits per heavy atom. The maximum absolute atomic E-state index is 14.2. The third kappa shape index (κ3) is 2.33. The Morgan fingerprint density at radius 1 is 0.593 bits per heavy atom. The van der Waals surface area contributed by atoms with E-state index in [-0.39, 0.29) is 0 Å². The molecule has 0 aromatic heterocycles. The normalized spacial score (nSPS) is 27.1. The van der Waals surface area contributed by atoms with Gasteiger partial charge in [-0.3, -0.25) is 0 Å². The average Bonchev–Trinajstić information content (AvgIpc) is 2.53. The average molecular weight is 438 g/mol. The molecule has 0 radical (unpaired) electrons. The van der Waals surface area contributed by atoms with Crippen LogP contribution in [0.5, 0.6) is 0 Å². The summed E-state index contributed by atoms with van der Waals surface area (Å²) in [7, 11) is -6.14. The summed E-state index contributed by atoms with van der Waals surface area (Å²) in [6, 6.07) is 3.55. The van der Waals surface area contributed by atoms with Gasteiger partial charge in [-0.05, 0) is 12.1 Å². The first-order valence-corrected chi connectivity index (χ1v) is 7.81. The van der Waals surface area contributed by atoms with Crippen LogP contribution in [0.15, 0.2) is 35.2 Å². The fourth-order valence-electron chi connectivity index (χ4n) is 2.08. The van der Waals surface area contributed by atoms with Crippen LogP contribution in [0.1, 0.15) is 0 Å². The number of alkyl halides is 11. The Balaban J connectivity index is 2.76. The Hall–Kier alpha value is -1.64. The van der Waals surface area contributed by atoms with E-state index < -0.39 is 50.5 Å². The summed E-state index contributed by atoms with van der Waals surface area (Å²) in [4.78, 5) is -1.38. The third-order valence-electron chi connectivity index (χ3n) is 3.64. The van der Waals surface area contributed by atoms with Crippen LogP contribution in [0.4, 0.5) is 48.3 Å². The van der Waals surface area contributed by atoms with Gasteiger partial charge in [-0.2, -0.15) is 56.7 Å². The minimum Gasteiger partial charge on any atom is -0.213 e. The van der Waals surface area contributed by atoms with E-state index in [0.29, 0.717) is 12.1 Å². The smallest absolute Gasteiger partial charge is 0.213 e. The van der Waals surface area contributed by atoms with E-state index in [9.17, 15) is 56.7 Å². The maximum atomic E-state index is 14.2. The van der Waals surface area contributed by atoms with Crippen molar-refractivity contribution in [1.82, 2.24) is 0 Å². The predicted molar refractivity (Wildman–Crippen MR) is 63.3 cm³/mol. The fourth-order valence-corrected chi connectivity index (χ4v) is 3.18. The minimum absolute atomic E-state index is 0.419. The second-order valence-electron chi connectivity index (χ2n) is 5.32. The van der Waals surface area contributed by atoms with Crippen molar-refractivity contribution < 1.29 is 60.9 Å². The molecule has 0 heterocycles. The number of rotatable bonds is 3. The molecule has 0 saturated heterocycles. The quantitative estimate of drug-likeness (QED) is 0.524. The molecule has 27 heavy (non-hydrogen) atoms. The van der Waals surface area contributed by atoms with Crippen molar-refractivity contribution in [3.8, 4) is 0 Å². The van der Waals surface area contributed by atoms with Gasteiger partial charge in [0.15, 0.2) is 0 Å². The lowest BCUT2D eigenvalue weighted by Crippen LogP contribution is -2.84. The second kappa shape index (κ2) is 5.46. The Bertz CT molecular complexity index is 805. The highest BCUT2D eigenvalue weighted by molar-refractivity contribution is 7.86. The highest BCUT2D eigenvalue weighted by Gasteiger charge is 3.02. The molecule has 0 amide bonds. The van der Waals surface area contributed by atoms with Gasteiger partial charge in [0.05, 0.1) is 4.90 Å². The van der Waals surface area contributed by atoms with Crippen molar-refractivity contribution in [3.63, 3.8) is 0 Å². The largest absolute Gasteiger partial charge is 0.384 e. The van der Waals surface area contributed by atoms with Crippen LogP contribution in [0.2, 0.25) is 0 Å². The fraction of sp³-hybridized carbons (Fsp3) is 0.500. The van der Waals surface area contributed by atoms with Gasteiger partial charge in [-0.1, -0.05) is 18.2 Å². The van der Waals surface area contributed by atoms with Crippen molar-refractivity contribution in [2.75, 3.05) is 0 Å². The number of hydrogen-bond donors (Lipinski definition) is 0. The first-order valence-electron chi connectivity index (χ1n) is 6.40. The Labute approximate surface area is 142 Å². The zero-order valence-corrected chi connectivity index (χ0v) is 13.0. The molecule has 0 aliphatic heterocycles. The van der Waals surface area contributed by atoms with Gasteiger partial charge in [-0.15, -0.1) is 0 Å². The lowest BCUT2D eigenvalue weighted by Gasteiger charge is -2.51. The summed E-state index contributed by atoms with van der Waals surface area (Å²) >= 11 is 0. The number of benzene rings is 1. The van der Waals surface area contributed by atoms with E-state index in [0.717, 1.165) is 18.2 Å². The van der Waals surface area contributed by atoms with Crippen LogP contribution in [0.25, 0.3) is 0 Å². The highest BCUT2D eigenvalue weighted by Crippen LogP contribution is 2.69. The van der Waals surface area contributed by atoms with E-state index in [2.05, 4.69) is 4.18 Å². The van der Waals surface area contributed by atoms with Gasteiger partial charge in [0.1, 0.15) is 0 Å². The first kappa shape index (κ1) is 21.7. The molecule has 0 spiro atoms. The Morgan fingerprint density at radius 2 is 0.926 bits per heavy atom. The van der Waals surface area contributed by atoms with E-state index in [1.807, 2.05) is 0 Å². The molecule has 1 aliphatic carbocycles. The maximum Gasteiger partial charge on any atom is 0.384 e. The van der Waals surface area contributed by atoms with Gasteiger partial charge in [0.2, 0.25) is 0 Å². The van der Waals surface area contributed by atoms with Crippen molar-refractivity contribution in [3.05, 3.63) is 30.3 Å². The van der Waals surface area contributed by atoms with Crippen LogP contribution in [-0.2, 0) is 14.3 Å². The monoisotopic (exact) mass is 438 g/mol. The molecule has 154 valence electrons. The molecule has 0 bridgehead atoms. The minimum atomic E-state index is -7.46. The van der Waals surface area contributed by atoms with Gasteiger partial charge in [0.25, 0.3) is 10.1 Å². The zero-order chi connectivity index (χ0) is 21.3. The summed E-state index contributed by atoms with van der Waals surface area (Å²) in [5.41, 5.74) is 0. The van der Waals surface area contributed by atoms with Crippen LogP contribution >= 0.6 is 0 Å². The van der Waals surface area contributed by atoms with Crippen LogP contribution < -0.4 is 0 Å². The van der Waals surface area contributed by atoms with Gasteiger partial charge in [-0.25, -0.2) is 4.18 Å². The highest BCUT2D eigenvalue weighted by atomic mass is 32.2. The molecule has 0 N–H and O–H groups in total. The predicted octanol–water partition coefficient (Wildman–Crippen LogP) is 4.25. The molecule has 2 rings (SSSR count). The van der Waals surface area contributed by atoms with E-state index in [4.69, 9.17) is 0 Å². The standard InChI is InChI=1S/C12H5F11O3S/c13-7(14)8(15,16)10(19,20)12(23,11(21,22)9(7,17)18)26-27(24,25)6-4-2-1-3-5-6/h1-5H. The summed E-state index contributed by atoms with van der Waals surface area (Å²) in [6.45, 7) is 0. The lowest BCUT2D eigenvalue weighted by atomic mass is 9.79. The molecule has 15 heteroatoms. The molecule has 1 aromatic carbocycles. The summed E-state index contributed by atoms with van der Waals surface area (Å²) in [5, 5.41) is 0. The lowest BCUT2D eigenvalue weighted by molar-refractivity contribution is -0.513. The SMILES string of the molecule is O=S(=O)(OC1(F)C(F)(F)C(F)(F)C(F)(F)C(F)(F)C1(F)F)c1ccccc1. The van der Waals surface area contributed by atoms with Gasteiger partial charge in [0, 0.05) is 0 Å². The Kier molecular flexibility index (Phi) is 4.38. The summed E-state index contributed by atoms with van der Waals surface area (Å²) in [6.07, 6.45) is 0. The molecular weight excluding hydrogens is 433 g/mol. The molecule has 0 unspecified atom stereocenters. The number of halogens is 11. The van der Waals surface area contributed by atoms with Crippen LogP contribution in [0, 0.1) is 0 Å². The van der Waals surface area contributed by atoms with Crippen molar-refractivity contribution in [1.29, 1.82) is 0 Å². The van der Waals surface area contributed by atoms with Crippen molar-refractivity contribution in [2.24, 2.45) is 0 Å². The summed E-state index contributed by atoms with van der Waals surface area (Å²) < 4.78 is 174. The number of hydrogen-bond acceptors (Lipinski definition) is 3. The topological polar surface area (TPSA) is 43.4 Å². The van der Waals surface area contributed by atoms with Crippen LogP contribution in [0.3, 0.4) is 0 Å². The van der Waals surface area contributed by atoms with Crippen molar-refractivity contribution in [2.45, 2.75) is 40.4 Å². The molecular formula is C12H5F11O3S. The van der Waals surface area contributed by atoms with E-state index in [1.54, 1.807) is 0 Å². The second-order valence-corrected chi connectivity index (χ2v) is 6.86. The molecule has 1 fully saturated rings.